The number of methoxy groups -OCH3 is 1. The molecule has 2 aliphatic heterocycles. The van der Waals surface area contributed by atoms with Crippen LogP contribution in [0.15, 0.2) is 12.4 Å². The highest BCUT2D eigenvalue weighted by Crippen LogP contribution is 2.35. The third-order valence-corrected chi connectivity index (χ3v) is 6.70. The quantitative estimate of drug-likeness (QED) is 0.817. The topological polar surface area (TPSA) is 92.4 Å². The van der Waals surface area contributed by atoms with E-state index in [4.69, 9.17) is 4.74 Å². The first-order chi connectivity index (χ1) is 10.0. The number of nitrogens with one attached hydrogen (secondary N) is 1. The number of nitrogens with zero attached hydrogens (tertiary/aromatic N) is 2. The molecule has 0 radical (unpaired) electrons. The molecule has 2 aliphatic rings. The number of hydrogen-bond donors (Lipinski definition) is 1. The summed E-state index contributed by atoms with van der Waals surface area (Å²) in [5.74, 6) is -0.0101. The lowest BCUT2D eigenvalue weighted by Crippen LogP contribution is -2.33. The fourth-order valence-corrected chi connectivity index (χ4v) is 5.57. The molecule has 0 aliphatic carbocycles. The first-order valence-corrected chi connectivity index (χ1v) is 8.72. The zero-order chi connectivity index (χ0) is 15.0. The predicted octanol–water partition coefficient (Wildman–Crippen LogP) is -0.387. The zero-order valence-corrected chi connectivity index (χ0v) is 12.7. The molecule has 2 fully saturated rings. The fourth-order valence-electron chi connectivity index (χ4n) is 3.28. The van der Waals surface area contributed by atoms with E-state index in [1.165, 1.54) is 7.11 Å². The summed E-state index contributed by atoms with van der Waals surface area (Å²) in [6.45, 7) is 0.781. The lowest BCUT2D eigenvalue weighted by atomic mass is 10.0. The first kappa shape index (κ1) is 14.5. The molecule has 0 saturated carbocycles. The van der Waals surface area contributed by atoms with Crippen LogP contribution < -0.4 is 0 Å². The van der Waals surface area contributed by atoms with E-state index >= 15 is 0 Å². The molecule has 1 amide bonds. The number of ether oxygens (including phenoxy) is 1. The molecule has 1 aromatic heterocycles. The molecule has 1 aromatic rings. The van der Waals surface area contributed by atoms with Gasteiger partial charge in [0, 0.05) is 38.7 Å². The van der Waals surface area contributed by atoms with E-state index in [1.54, 1.807) is 17.3 Å². The van der Waals surface area contributed by atoms with Crippen molar-refractivity contribution in [3.05, 3.63) is 18.0 Å². The summed E-state index contributed by atoms with van der Waals surface area (Å²) < 4.78 is 29.5. The lowest BCUT2D eigenvalue weighted by molar-refractivity contribution is -0.130. The van der Waals surface area contributed by atoms with Crippen molar-refractivity contribution in [2.75, 3.05) is 26.0 Å². The first-order valence-electron chi connectivity index (χ1n) is 7.01. The van der Waals surface area contributed by atoms with Gasteiger partial charge in [0.05, 0.1) is 23.3 Å². The van der Waals surface area contributed by atoms with Crippen LogP contribution in [-0.4, -0.2) is 66.7 Å². The monoisotopic (exact) mass is 313 g/mol. The summed E-state index contributed by atoms with van der Waals surface area (Å²) in [6.07, 6.45) is 4.15. The van der Waals surface area contributed by atoms with Crippen LogP contribution in [0.3, 0.4) is 0 Å². The molecule has 0 aromatic carbocycles. The molecule has 7 nitrogen and oxygen atoms in total. The molecular formula is C13H19N3O4S. The lowest BCUT2D eigenvalue weighted by Gasteiger charge is -2.19. The normalized spacial score (nSPS) is 30.5. The van der Waals surface area contributed by atoms with Gasteiger partial charge in [-0.1, -0.05) is 0 Å². The van der Waals surface area contributed by atoms with Gasteiger partial charge in [-0.3, -0.25) is 9.89 Å². The molecular weight excluding hydrogens is 294 g/mol. The number of aromatic nitrogens is 2. The maximum absolute atomic E-state index is 12.2. The van der Waals surface area contributed by atoms with Gasteiger partial charge in [-0.05, 0) is 12.0 Å². The predicted molar refractivity (Wildman–Crippen MR) is 75.4 cm³/mol. The van der Waals surface area contributed by atoms with Gasteiger partial charge >= 0.3 is 0 Å². The van der Waals surface area contributed by atoms with E-state index in [0.717, 1.165) is 5.56 Å². The second-order valence-corrected chi connectivity index (χ2v) is 7.98. The minimum absolute atomic E-state index is 0.00402. The van der Waals surface area contributed by atoms with Crippen LogP contribution in [0.5, 0.6) is 0 Å². The number of fused-ring (bicyclic) bond motifs is 1. The van der Waals surface area contributed by atoms with Gasteiger partial charge in [0.1, 0.15) is 0 Å². The number of likely N-dealkylation sites (tertiary alicyclic amines) is 1. The highest BCUT2D eigenvalue weighted by molar-refractivity contribution is 7.92. The second kappa shape index (κ2) is 5.42. The van der Waals surface area contributed by atoms with Gasteiger partial charge < -0.3 is 9.64 Å². The number of carbonyl (C=O) groups is 1. The molecule has 0 spiro atoms. The minimum atomic E-state index is -3.14. The smallest absolute Gasteiger partial charge is 0.222 e. The van der Waals surface area contributed by atoms with Crippen LogP contribution in [0, 0.1) is 5.92 Å². The molecule has 3 heterocycles. The van der Waals surface area contributed by atoms with Crippen LogP contribution in [0.4, 0.5) is 0 Å². The van der Waals surface area contributed by atoms with E-state index < -0.39 is 15.1 Å². The van der Waals surface area contributed by atoms with E-state index in [-0.39, 0.29) is 23.7 Å². The highest BCUT2D eigenvalue weighted by atomic mass is 32.2. The van der Waals surface area contributed by atoms with Crippen molar-refractivity contribution in [1.82, 2.24) is 15.1 Å². The number of hydrogen-bond acceptors (Lipinski definition) is 5. The van der Waals surface area contributed by atoms with Gasteiger partial charge in [0.25, 0.3) is 0 Å². The van der Waals surface area contributed by atoms with Crippen molar-refractivity contribution in [2.45, 2.75) is 24.2 Å². The number of aryl methyl sites for hydroxylation is 1. The van der Waals surface area contributed by atoms with E-state index in [1.807, 2.05) is 0 Å². The molecule has 1 N–H and O–H groups in total. The highest BCUT2D eigenvalue weighted by Gasteiger charge is 2.53. The number of aromatic amines is 1. The minimum Gasteiger partial charge on any atom is -0.380 e. The van der Waals surface area contributed by atoms with Gasteiger partial charge in [-0.15, -0.1) is 0 Å². The van der Waals surface area contributed by atoms with Crippen molar-refractivity contribution in [3.8, 4) is 0 Å². The Morgan fingerprint density at radius 3 is 3.00 bits per heavy atom. The van der Waals surface area contributed by atoms with Crippen LogP contribution in [0.1, 0.15) is 12.0 Å². The Bertz CT molecular complexity index is 613. The summed E-state index contributed by atoms with van der Waals surface area (Å²) in [7, 11) is -1.61. The maximum Gasteiger partial charge on any atom is 0.222 e. The summed E-state index contributed by atoms with van der Waals surface area (Å²) in [6, 6.07) is 0. The van der Waals surface area contributed by atoms with Crippen LogP contribution >= 0.6 is 0 Å². The largest absolute Gasteiger partial charge is 0.380 e. The van der Waals surface area contributed by atoms with E-state index in [2.05, 4.69) is 10.2 Å². The molecule has 0 bridgehead atoms. The van der Waals surface area contributed by atoms with Crippen molar-refractivity contribution < 1.29 is 17.9 Å². The Morgan fingerprint density at radius 2 is 2.33 bits per heavy atom. The second-order valence-electron chi connectivity index (χ2n) is 5.71. The Labute approximate surface area is 123 Å². The Kier molecular flexibility index (Phi) is 3.75. The summed E-state index contributed by atoms with van der Waals surface area (Å²) >= 11 is 0. The van der Waals surface area contributed by atoms with E-state index in [9.17, 15) is 13.2 Å². The van der Waals surface area contributed by atoms with Crippen molar-refractivity contribution in [2.24, 2.45) is 5.92 Å². The Morgan fingerprint density at radius 1 is 1.52 bits per heavy atom. The van der Waals surface area contributed by atoms with Gasteiger partial charge in [0.2, 0.25) is 5.91 Å². The van der Waals surface area contributed by atoms with Crippen molar-refractivity contribution in [1.29, 1.82) is 0 Å². The van der Waals surface area contributed by atoms with E-state index in [0.29, 0.717) is 25.9 Å². The summed E-state index contributed by atoms with van der Waals surface area (Å²) in [5.41, 5.74) is 0.977. The van der Waals surface area contributed by atoms with Crippen LogP contribution in [0.25, 0.3) is 0 Å². The molecule has 2 saturated heterocycles. The number of sulfone groups is 1. The maximum atomic E-state index is 12.2. The summed E-state index contributed by atoms with van der Waals surface area (Å²) in [5, 5.41) is 6.09. The molecule has 0 unspecified atom stereocenters. The number of H-pyrrole nitrogens is 1. The summed E-state index contributed by atoms with van der Waals surface area (Å²) in [4.78, 5) is 13.9. The fraction of sp³-hybridized carbons (Fsp3) is 0.692. The van der Waals surface area contributed by atoms with Crippen molar-refractivity contribution >= 4 is 15.7 Å². The average molecular weight is 313 g/mol. The number of rotatable bonds is 4. The van der Waals surface area contributed by atoms with Crippen molar-refractivity contribution in [3.63, 3.8) is 0 Å². The van der Waals surface area contributed by atoms with Gasteiger partial charge in [0.15, 0.2) is 9.84 Å². The molecule has 21 heavy (non-hydrogen) atoms. The average Bonchev–Trinajstić information content (AvgIpc) is 3.14. The zero-order valence-electron chi connectivity index (χ0n) is 11.9. The Hall–Kier alpha value is -1.41. The SMILES string of the molecule is CO[C@@H]1CS(=O)(=O)[C@@H]2CN(C(=O)CCc3cn[nH]c3)C[C@@H]21. The third kappa shape index (κ3) is 2.69. The standard InChI is InChI=1S/C13H19N3O4S/c1-20-11-8-21(18,19)12-7-16(6-10(11)12)13(17)3-2-9-4-14-15-5-9/h4-5,10-12H,2-3,6-8H2,1H3,(H,14,15)/t10-,11-,12-/m1/s1. The molecule has 3 rings (SSSR count). The third-order valence-electron chi connectivity index (χ3n) is 4.48. The van der Waals surface area contributed by atoms with Gasteiger partial charge in [-0.2, -0.15) is 5.10 Å². The number of carbonyl (C=O) groups excluding carboxylic acids is 1. The van der Waals surface area contributed by atoms with Crippen LogP contribution in [0.2, 0.25) is 0 Å². The molecule has 8 heteroatoms. The molecule has 3 atom stereocenters. The number of amides is 1. The molecule has 116 valence electrons. The Balaban J connectivity index is 1.62. The van der Waals surface area contributed by atoms with Crippen LogP contribution in [-0.2, 0) is 25.8 Å². The van der Waals surface area contributed by atoms with Gasteiger partial charge in [-0.25, -0.2) is 8.42 Å².